The lowest BCUT2D eigenvalue weighted by Crippen LogP contribution is -2.38. The fourth-order valence-corrected chi connectivity index (χ4v) is 2.69. The van der Waals surface area contributed by atoms with Gasteiger partial charge in [-0.3, -0.25) is 9.78 Å². The summed E-state index contributed by atoms with van der Waals surface area (Å²) in [5, 5.41) is 10.6. The molecule has 0 bridgehead atoms. The standard InChI is InChI=1S/C16H23NO3/c1-12(2)20-14-9-13(10-17-11-14)15(18)16(19)7-5-3-4-6-8-16/h9-12,19H,3-8H2,1-2H3. The van der Waals surface area contributed by atoms with Crippen molar-refractivity contribution >= 4 is 5.78 Å². The topological polar surface area (TPSA) is 59.4 Å². The Morgan fingerprint density at radius 3 is 2.50 bits per heavy atom. The number of Topliss-reactive ketones (excluding diaryl/α,β-unsaturated/α-hetero) is 1. The van der Waals surface area contributed by atoms with Gasteiger partial charge in [0.05, 0.1) is 12.3 Å². The summed E-state index contributed by atoms with van der Waals surface area (Å²) in [6.45, 7) is 3.85. The average Bonchev–Trinajstić information content (AvgIpc) is 2.63. The molecule has 0 unspecified atom stereocenters. The largest absolute Gasteiger partial charge is 0.489 e. The summed E-state index contributed by atoms with van der Waals surface area (Å²) in [7, 11) is 0. The fourth-order valence-electron chi connectivity index (χ4n) is 2.69. The molecule has 1 aromatic heterocycles. The van der Waals surface area contributed by atoms with Crippen LogP contribution in [0.25, 0.3) is 0 Å². The molecule has 2 rings (SSSR count). The van der Waals surface area contributed by atoms with Gasteiger partial charge in [0.15, 0.2) is 5.78 Å². The highest BCUT2D eigenvalue weighted by Crippen LogP contribution is 2.30. The van der Waals surface area contributed by atoms with Crippen LogP contribution >= 0.6 is 0 Å². The molecule has 0 aromatic carbocycles. The Morgan fingerprint density at radius 1 is 1.25 bits per heavy atom. The first-order valence-electron chi connectivity index (χ1n) is 7.40. The number of ether oxygens (including phenoxy) is 1. The summed E-state index contributed by atoms with van der Waals surface area (Å²) in [5.74, 6) is 0.351. The zero-order chi connectivity index (χ0) is 14.6. The van der Waals surface area contributed by atoms with Gasteiger partial charge in [-0.15, -0.1) is 0 Å². The maximum absolute atomic E-state index is 12.6. The Bertz CT molecular complexity index is 463. The van der Waals surface area contributed by atoms with Crippen LogP contribution in [0, 0.1) is 0 Å². The molecular weight excluding hydrogens is 254 g/mol. The summed E-state index contributed by atoms with van der Waals surface area (Å²) in [6, 6.07) is 1.68. The highest BCUT2D eigenvalue weighted by Gasteiger charge is 2.36. The van der Waals surface area contributed by atoms with Gasteiger partial charge in [0.2, 0.25) is 0 Å². The minimum atomic E-state index is -1.23. The molecule has 0 atom stereocenters. The highest BCUT2D eigenvalue weighted by atomic mass is 16.5. The molecule has 0 spiro atoms. The molecule has 0 saturated heterocycles. The SMILES string of the molecule is CC(C)Oc1cncc(C(=O)C2(O)CCCCCC2)c1. The van der Waals surface area contributed by atoms with Crippen LogP contribution in [0.2, 0.25) is 0 Å². The Hall–Kier alpha value is -1.42. The van der Waals surface area contributed by atoms with Gasteiger partial charge >= 0.3 is 0 Å². The van der Waals surface area contributed by atoms with Crippen LogP contribution < -0.4 is 4.74 Å². The van der Waals surface area contributed by atoms with E-state index in [4.69, 9.17) is 4.74 Å². The van der Waals surface area contributed by atoms with Crippen molar-refractivity contribution in [2.45, 2.75) is 64.1 Å². The van der Waals surface area contributed by atoms with Gasteiger partial charge in [0.1, 0.15) is 11.4 Å². The van der Waals surface area contributed by atoms with E-state index in [2.05, 4.69) is 4.98 Å². The molecule has 4 nitrogen and oxygen atoms in total. The van der Waals surface area contributed by atoms with Gasteiger partial charge in [0.25, 0.3) is 0 Å². The second-order valence-corrected chi connectivity index (χ2v) is 5.85. The average molecular weight is 277 g/mol. The molecule has 4 heteroatoms. The number of carbonyl (C=O) groups is 1. The Balaban J connectivity index is 2.19. The smallest absolute Gasteiger partial charge is 0.196 e. The Labute approximate surface area is 120 Å². The van der Waals surface area contributed by atoms with E-state index in [-0.39, 0.29) is 11.9 Å². The van der Waals surface area contributed by atoms with Crippen LogP contribution in [0.3, 0.4) is 0 Å². The fraction of sp³-hybridized carbons (Fsp3) is 0.625. The molecule has 110 valence electrons. The van der Waals surface area contributed by atoms with Gasteiger partial charge < -0.3 is 9.84 Å². The molecule has 0 radical (unpaired) electrons. The number of hydrogen-bond donors (Lipinski definition) is 1. The van der Waals surface area contributed by atoms with E-state index in [0.29, 0.717) is 24.2 Å². The van der Waals surface area contributed by atoms with E-state index in [1.807, 2.05) is 13.8 Å². The van der Waals surface area contributed by atoms with Crippen molar-refractivity contribution in [1.29, 1.82) is 0 Å². The van der Waals surface area contributed by atoms with Crippen molar-refractivity contribution < 1.29 is 14.6 Å². The maximum atomic E-state index is 12.6. The van der Waals surface area contributed by atoms with Gasteiger partial charge in [-0.2, -0.15) is 0 Å². The molecule has 1 aromatic rings. The van der Waals surface area contributed by atoms with Crippen LogP contribution in [0.15, 0.2) is 18.5 Å². The van der Waals surface area contributed by atoms with Crippen molar-refractivity contribution in [2.75, 3.05) is 0 Å². The van der Waals surface area contributed by atoms with Crippen LogP contribution in [0.5, 0.6) is 5.75 Å². The summed E-state index contributed by atoms with van der Waals surface area (Å²) < 4.78 is 5.55. The lowest BCUT2D eigenvalue weighted by Gasteiger charge is -2.25. The van der Waals surface area contributed by atoms with Crippen molar-refractivity contribution in [3.8, 4) is 5.75 Å². The predicted octanol–water partition coefficient (Wildman–Crippen LogP) is 3.14. The Kier molecular flexibility index (Phi) is 4.76. The van der Waals surface area contributed by atoms with Crippen molar-refractivity contribution in [2.24, 2.45) is 0 Å². The first kappa shape index (κ1) is 15.0. The molecule has 0 amide bonds. The quantitative estimate of drug-likeness (QED) is 0.678. The molecule has 1 saturated carbocycles. The number of hydrogen-bond acceptors (Lipinski definition) is 4. The van der Waals surface area contributed by atoms with Crippen LogP contribution in [-0.2, 0) is 0 Å². The minimum absolute atomic E-state index is 0.0307. The first-order valence-corrected chi connectivity index (χ1v) is 7.40. The van der Waals surface area contributed by atoms with Crippen LogP contribution in [-0.4, -0.2) is 27.6 Å². The third kappa shape index (κ3) is 3.57. The van der Waals surface area contributed by atoms with E-state index in [1.165, 1.54) is 6.20 Å². The molecule has 1 fully saturated rings. The minimum Gasteiger partial charge on any atom is -0.489 e. The highest BCUT2D eigenvalue weighted by molar-refractivity contribution is 6.02. The number of pyridine rings is 1. The van der Waals surface area contributed by atoms with Gasteiger partial charge in [-0.25, -0.2) is 0 Å². The number of aromatic nitrogens is 1. The summed E-state index contributed by atoms with van der Waals surface area (Å²) in [5.41, 5.74) is -0.790. The van der Waals surface area contributed by atoms with Crippen LogP contribution in [0.4, 0.5) is 0 Å². The van der Waals surface area contributed by atoms with E-state index in [9.17, 15) is 9.90 Å². The predicted molar refractivity (Wildman–Crippen MR) is 77.0 cm³/mol. The molecule has 1 aliphatic carbocycles. The molecule has 1 N–H and O–H groups in total. The van der Waals surface area contributed by atoms with Gasteiger partial charge in [-0.05, 0) is 32.8 Å². The zero-order valence-electron chi connectivity index (χ0n) is 12.3. The number of nitrogens with zero attached hydrogens (tertiary/aromatic N) is 1. The normalized spacial score (nSPS) is 18.6. The molecular formula is C16H23NO3. The van der Waals surface area contributed by atoms with Crippen molar-refractivity contribution in [1.82, 2.24) is 4.98 Å². The van der Waals surface area contributed by atoms with E-state index in [1.54, 1.807) is 12.3 Å². The maximum Gasteiger partial charge on any atom is 0.196 e. The Morgan fingerprint density at radius 2 is 1.90 bits per heavy atom. The zero-order valence-corrected chi connectivity index (χ0v) is 12.3. The van der Waals surface area contributed by atoms with Gasteiger partial charge in [-0.1, -0.05) is 25.7 Å². The van der Waals surface area contributed by atoms with Crippen molar-refractivity contribution in [3.05, 3.63) is 24.0 Å². The monoisotopic (exact) mass is 277 g/mol. The van der Waals surface area contributed by atoms with E-state index in [0.717, 1.165) is 25.7 Å². The third-order valence-electron chi connectivity index (χ3n) is 3.70. The van der Waals surface area contributed by atoms with E-state index < -0.39 is 5.60 Å². The second-order valence-electron chi connectivity index (χ2n) is 5.85. The lowest BCUT2D eigenvalue weighted by molar-refractivity contribution is 0.0237. The number of aliphatic hydroxyl groups is 1. The molecule has 20 heavy (non-hydrogen) atoms. The second kappa shape index (κ2) is 6.35. The van der Waals surface area contributed by atoms with Crippen LogP contribution in [0.1, 0.15) is 62.7 Å². The molecule has 1 heterocycles. The molecule has 0 aliphatic heterocycles. The number of rotatable bonds is 4. The number of ketones is 1. The third-order valence-corrected chi connectivity index (χ3v) is 3.70. The van der Waals surface area contributed by atoms with E-state index >= 15 is 0 Å². The van der Waals surface area contributed by atoms with Crippen molar-refractivity contribution in [3.63, 3.8) is 0 Å². The summed E-state index contributed by atoms with van der Waals surface area (Å²) in [6.07, 6.45) is 8.20. The summed E-state index contributed by atoms with van der Waals surface area (Å²) >= 11 is 0. The first-order chi connectivity index (χ1) is 9.51. The summed E-state index contributed by atoms with van der Waals surface area (Å²) in [4.78, 5) is 16.6. The van der Waals surface area contributed by atoms with Gasteiger partial charge in [0, 0.05) is 11.8 Å². The molecule has 1 aliphatic rings. The lowest BCUT2D eigenvalue weighted by atomic mass is 9.86. The number of carbonyl (C=O) groups excluding carboxylic acids is 1.